The molecule has 1 fully saturated rings. The van der Waals surface area contributed by atoms with Gasteiger partial charge in [-0.25, -0.2) is 4.79 Å². The molecule has 134 valence electrons. The lowest BCUT2D eigenvalue weighted by Gasteiger charge is -2.28. The number of amides is 2. The number of hydrogen-bond donors (Lipinski definition) is 1. The van der Waals surface area contributed by atoms with Crippen molar-refractivity contribution in [3.8, 4) is 0 Å². The summed E-state index contributed by atoms with van der Waals surface area (Å²) < 4.78 is 12.1. The van der Waals surface area contributed by atoms with Gasteiger partial charge >= 0.3 is 6.03 Å². The third kappa shape index (κ3) is 5.07. The normalized spacial score (nSPS) is 16.8. The fraction of sp³-hybridized carbons (Fsp3) is 0.632. The van der Waals surface area contributed by atoms with E-state index in [0.29, 0.717) is 11.8 Å². The minimum Gasteiger partial charge on any atom is -0.322 e. The van der Waals surface area contributed by atoms with Crippen LogP contribution >= 0.6 is 0 Å². The molecular weight excluding hydrogens is 320 g/mol. The largest absolute Gasteiger partial charge is 0.322 e. The van der Waals surface area contributed by atoms with Gasteiger partial charge in [0, 0.05) is 39.6 Å². The summed E-state index contributed by atoms with van der Waals surface area (Å²) in [5, 5.41) is 3.01. The van der Waals surface area contributed by atoms with E-state index in [1.165, 1.54) is 12.8 Å². The molecule has 0 bridgehead atoms. The van der Waals surface area contributed by atoms with Crippen LogP contribution < -0.4 is 5.32 Å². The van der Waals surface area contributed by atoms with Crippen LogP contribution in [0.2, 0.25) is 0 Å². The molecule has 1 aliphatic carbocycles. The van der Waals surface area contributed by atoms with E-state index in [4.69, 9.17) is 0 Å². The van der Waals surface area contributed by atoms with Crippen LogP contribution in [0.3, 0.4) is 0 Å². The predicted octanol–water partition coefficient (Wildman–Crippen LogP) is 4.53. The minimum absolute atomic E-state index is 0.0292. The number of nitrogens with zero attached hydrogens (tertiary/aromatic N) is 1. The molecule has 1 aliphatic rings. The van der Waals surface area contributed by atoms with Crippen LogP contribution in [0.1, 0.15) is 58.9 Å². The number of anilines is 1. The van der Waals surface area contributed by atoms with Crippen molar-refractivity contribution in [1.82, 2.24) is 4.90 Å². The molecule has 2 rings (SSSR count). The molecule has 0 saturated heterocycles. The van der Waals surface area contributed by atoms with Crippen molar-refractivity contribution in [3.63, 3.8) is 0 Å². The molecule has 4 nitrogen and oxygen atoms in total. The van der Waals surface area contributed by atoms with Gasteiger partial charge in [0.15, 0.2) is 0 Å². The summed E-state index contributed by atoms with van der Waals surface area (Å²) in [6, 6.07) is 8.04. The summed E-state index contributed by atoms with van der Waals surface area (Å²) in [5.41, 5.74) is 1.77. The van der Waals surface area contributed by atoms with Crippen molar-refractivity contribution in [3.05, 3.63) is 29.8 Å². The lowest BCUT2D eigenvalue weighted by molar-refractivity contribution is 0.192. The van der Waals surface area contributed by atoms with Gasteiger partial charge < -0.3 is 10.2 Å². The van der Waals surface area contributed by atoms with Crippen LogP contribution in [0.5, 0.6) is 0 Å². The van der Waals surface area contributed by atoms with Gasteiger partial charge in [0.25, 0.3) is 0 Å². The summed E-state index contributed by atoms with van der Waals surface area (Å²) in [7, 11) is -0.945. The Hall–Kier alpha value is -1.36. The van der Waals surface area contributed by atoms with E-state index in [9.17, 15) is 9.00 Å². The average Bonchev–Trinajstić information content (AvgIpc) is 3.01. The van der Waals surface area contributed by atoms with Crippen molar-refractivity contribution < 1.29 is 9.00 Å². The molecule has 1 saturated carbocycles. The standard InChI is InChI=1S/C19H30N2O2S/c1-5-21(17-11-6-7-12-17)18(22)20-16-10-8-9-15(13-16)14-24(23)19(2,3)4/h8-10,13,17H,5-7,11-12,14H2,1-4H3,(H,20,22)/t24-/m0/s1. The van der Waals surface area contributed by atoms with E-state index >= 15 is 0 Å². The van der Waals surface area contributed by atoms with Crippen molar-refractivity contribution in [2.24, 2.45) is 0 Å². The maximum absolute atomic E-state index is 12.6. The Labute approximate surface area is 148 Å². The summed E-state index contributed by atoms with van der Waals surface area (Å²) in [4.78, 5) is 14.5. The first-order chi connectivity index (χ1) is 11.3. The maximum atomic E-state index is 12.6. The van der Waals surface area contributed by atoms with Crippen LogP contribution in [-0.2, 0) is 16.6 Å². The van der Waals surface area contributed by atoms with Crippen LogP contribution in [-0.4, -0.2) is 32.5 Å². The predicted molar refractivity (Wildman–Crippen MR) is 102 cm³/mol. The summed E-state index contributed by atoms with van der Waals surface area (Å²) in [6.45, 7) is 8.70. The Bertz CT molecular complexity index is 589. The van der Waals surface area contributed by atoms with E-state index in [2.05, 4.69) is 5.32 Å². The van der Waals surface area contributed by atoms with E-state index in [1.807, 2.05) is 56.9 Å². The molecule has 0 aromatic heterocycles. The number of carbonyl (C=O) groups is 1. The zero-order valence-corrected chi connectivity index (χ0v) is 16.1. The molecule has 5 heteroatoms. The molecule has 0 heterocycles. The number of nitrogens with one attached hydrogen (secondary N) is 1. The van der Waals surface area contributed by atoms with Gasteiger partial charge in [-0.15, -0.1) is 0 Å². The highest BCUT2D eigenvalue weighted by Gasteiger charge is 2.25. The highest BCUT2D eigenvalue weighted by Crippen LogP contribution is 2.24. The third-order valence-electron chi connectivity index (χ3n) is 4.53. The molecule has 24 heavy (non-hydrogen) atoms. The quantitative estimate of drug-likeness (QED) is 0.848. The second kappa shape index (κ2) is 8.15. The molecule has 0 radical (unpaired) electrons. The summed E-state index contributed by atoms with van der Waals surface area (Å²) in [6.07, 6.45) is 4.63. The van der Waals surface area contributed by atoms with Crippen LogP contribution in [0.25, 0.3) is 0 Å². The van der Waals surface area contributed by atoms with Gasteiger partial charge in [0.2, 0.25) is 0 Å². The van der Waals surface area contributed by atoms with Crippen LogP contribution in [0.4, 0.5) is 10.5 Å². The molecule has 1 aromatic carbocycles. The molecular formula is C19H30N2O2S. The highest BCUT2D eigenvalue weighted by molar-refractivity contribution is 7.85. The average molecular weight is 351 g/mol. The lowest BCUT2D eigenvalue weighted by atomic mass is 10.2. The van der Waals surface area contributed by atoms with Gasteiger partial charge in [-0.2, -0.15) is 0 Å². The van der Waals surface area contributed by atoms with Crippen molar-refractivity contribution in [2.75, 3.05) is 11.9 Å². The fourth-order valence-electron chi connectivity index (χ4n) is 3.09. The van der Waals surface area contributed by atoms with Crippen LogP contribution in [0, 0.1) is 0 Å². The number of carbonyl (C=O) groups excluding carboxylic acids is 1. The second-order valence-corrected chi connectivity index (χ2v) is 9.66. The topological polar surface area (TPSA) is 49.4 Å². The molecule has 1 aromatic rings. The molecule has 1 atom stereocenters. The first-order valence-electron chi connectivity index (χ1n) is 8.86. The summed E-state index contributed by atoms with van der Waals surface area (Å²) in [5.74, 6) is 0.507. The van der Waals surface area contributed by atoms with E-state index in [-0.39, 0.29) is 10.8 Å². The Morgan fingerprint density at radius 3 is 2.54 bits per heavy atom. The van der Waals surface area contributed by atoms with Gasteiger partial charge in [-0.1, -0.05) is 25.0 Å². The van der Waals surface area contributed by atoms with E-state index in [0.717, 1.165) is 30.6 Å². The number of benzene rings is 1. The van der Waals surface area contributed by atoms with E-state index < -0.39 is 10.8 Å². The Kier molecular flexibility index (Phi) is 6.44. The minimum atomic E-state index is -0.945. The van der Waals surface area contributed by atoms with E-state index in [1.54, 1.807) is 0 Å². The van der Waals surface area contributed by atoms with Crippen molar-refractivity contribution in [1.29, 1.82) is 0 Å². The Morgan fingerprint density at radius 1 is 1.29 bits per heavy atom. The van der Waals surface area contributed by atoms with Gasteiger partial charge in [0.05, 0.1) is 0 Å². The summed E-state index contributed by atoms with van der Waals surface area (Å²) >= 11 is 0. The zero-order valence-electron chi connectivity index (χ0n) is 15.3. The Balaban J connectivity index is 2.03. The highest BCUT2D eigenvalue weighted by atomic mass is 32.2. The molecule has 0 unspecified atom stereocenters. The third-order valence-corrected chi connectivity index (χ3v) is 6.49. The first-order valence-corrected chi connectivity index (χ1v) is 10.2. The zero-order chi connectivity index (χ0) is 17.7. The van der Waals surface area contributed by atoms with Gasteiger partial charge in [-0.05, 0) is 58.2 Å². The van der Waals surface area contributed by atoms with Crippen LogP contribution in [0.15, 0.2) is 24.3 Å². The molecule has 0 aliphatic heterocycles. The van der Waals surface area contributed by atoms with Gasteiger partial charge in [-0.3, -0.25) is 4.21 Å². The van der Waals surface area contributed by atoms with Crippen molar-refractivity contribution in [2.45, 2.75) is 69.9 Å². The number of hydrogen-bond acceptors (Lipinski definition) is 2. The second-order valence-electron chi connectivity index (χ2n) is 7.46. The SMILES string of the molecule is CCN(C(=O)Nc1cccc(C[S@](=O)C(C)(C)C)c1)C1CCCC1. The Morgan fingerprint density at radius 2 is 1.96 bits per heavy atom. The molecule has 1 N–H and O–H groups in total. The molecule has 2 amide bonds. The van der Waals surface area contributed by atoms with Gasteiger partial charge in [0.1, 0.15) is 0 Å². The smallest absolute Gasteiger partial charge is 0.322 e. The lowest BCUT2D eigenvalue weighted by Crippen LogP contribution is -2.41. The fourth-order valence-corrected chi connectivity index (χ4v) is 4.00. The van der Waals surface area contributed by atoms with Crippen molar-refractivity contribution >= 4 is 22.5 Å². The number of urea groups is 1. The molecule has 0 spiro atoms. The first kappa shape index (κ1) is 19.0. The number of rotatable bonds is 5. The monoisotopic (exact) mass is 350 g/mol. The maximum Gasteiger partial charge on any atom is 0.322 e.